The molecule has 1 aromatic rings. The molecule has 0 radical (unpaired) electrons. The van der Waals surface area contributed by atoms with E-state index in [1.165, 1.54) is 12.1 Å². The van der Waals surface area contributed by atoms with Crippen LogP contribution in [0.1, 0.15) is 50.0 Å². The molecule has 1 N–H and O–H groups in total. The van der Waals surface area contributed by atoms with Crippen molar-refractivity contribution in [2.24, 2.45) is 0 Å². The van der Waals surface area contributed by atoms with Crippen LogP contribution in [0, 0.1) is 10.1 Å². The number of hydrogen-bond acceptors (Lipinski definition) is 7. The lowest BCUT2D eigenvalue weighted by molar-refractivity contribution is -0.386. The summed E-state index contributed by atoms with van der Waals surface area (Å²) in [5, 5.41) is 13.9. The van der Waals surface area contributed by atoms with Crippen LogP contribution in [0.4, 0.5) is 5.69 Å². The first-order chi connectivity index (χ1) is 12.7. The van der Waals surface area contributed by atoms with Crippen LogP contribution in [-0.2, 0) is 24.8 Å². The minimum absolute atomic E-state index is 0.00659. The molecule has 0 bridgehead atoms. The van der Waals surface area contributed by atoms with Gasteiger partial charge in [0.05, 0.1) is 27.5 Å². The van der Waals surface area contributed by atoms with Gasteiger partial charge in [0, 0.05) is 11.6 Å². The number of ether oxygens (including phenoxy) is 1. The molecule has 1 fully saturated rings. The summed E-state index contributed by atoms with van der Waals surface area (Å²) in [4.78, 5) is 35.0. The number of amides is 1. The first kappa shape index (κ1) is 21.8. The van der Waals surface area contributed by atoms with E-state index in [0.717, 1.165) is 6.07 Å². The van der Waals surface area contributed by atoms with Gasteiger partial charge in [0.1, 0.15) is 0 Å². The number of hydrogen-bond donors (Lipinski definition) is 1. The van der Waals surface area contributed by atoms with Gasteiger partial charge in [-0.3, -0.25) is 14.9 Å². The Hall–Kier alpha value is -2.49. The second kappa shape index (κ2) is 7.50. The van der Waals surface area contributed by atoms with Gasteiger partial charge in [-0.05, 0) is 24.8 Å². The molecule has 0 saturated carbocycles. The van der Waals surface area contributed by atoms with Gasteiger partial charge in [-0.2, -0.15) is 0 Å². The molecule has 0 aliphatic carbocycles. The number of nitro benzene ring substituents is 1. The van der Waals surface area contributed by atoms with Gasteiger partial charge in [0.2, 0.25) is 0 Å². The molecule has 0 aromatic heterocycles. The van der Waals surface area contributed by atoms with Crippen molar-refractivity contribution in [2.45, 2.75) is 45.1 Å². The van der Waals surface area contributed by atoms with Crippen molar-refractivity contribution in [2.75, 3.05) is 18.1 Å². The number of rotatable bonds is 5. The van der Waals surface area contributed by atoms with Crippen molar-refractivity contribution in [3.8, 4) is 0 Å². The topological polar surface area (TPSA) is 133 Å². The van der Waals surface area contributed by atoms with Gasteiger partial charge >= 0.3 is 5.97 Å². The Kier molecular flexibility index (Phi) is 5.84. The predicted molar refractivity (Wildman–Crippen MR) is 102 cm³/mol. The van der Waals surface area contributed by atoms with E-state index in [-0.39, 0.29) is 29.2 Å². The van der Waals surface area contributed by atoms with Crippen LogP contribution in [0.5, 0.6) is 0 Å². The number of esters is 1. The average molecular weight is 412 g/mol. The van der Waals surface area contributed by atoms with Crippen LogP contribution < -0.4 is 5.32 Å². The smallest absolute Gasteiger partial charge is 0.338 e. The molecule has 0 spiro atoms. The number of nitro groups is 1. The fourth-order valence-electron chi connectivity index (χ4n) is 3.14. The Bertz CT molecular complexity index is 918. The quantitative estimate of drug-likeness (QED) is 0.442. The molecule has 154 valence electrons. The Balaban J connectivity index is 2.04. The molecule has 1 heterocycles. The van der Waals surface area contributed by atoms with Crippen LogP contribution in [0.3, 0.4) is 0 Å². The Labute approximate surface area is 163 Å². The Morgan fingerprint density at radius 2 is 1.96 bits per heavy atom. The summed E-state index contributed by atoms with van der Waals surface area (Å²) in [7, 11) is -3.19. The normalized spacial score (nSPS) is 21.1. The molecule has 2 rings (SSSR count). The zero-order chi connectivity index (χ0) is 21.3. The summed E-state index contributed by atoms with van der Waals surface area (Å²) >= 11 is 0. The molecule has 1 aliphatic rings. The lowest BCUT2D eigenvalue weighted by Crippen LogP contribution is -2.48. The minimum atomic E-state index is -3.19. The molecule has 1 atom stereocenters. The highest BCUT2D eigenvalue weighted by molar-refractivity contribution is 7.91. The summed E-state index contributed by atoms with van der Waals surface area (Å²) in [5.74, 6) is -1.68. The summed E-state index contributed by atoms with van der Waals surface area (Å²) in [5.41, 5.74) is -1.14. The Morgan fingerprint density at radius 3 is 2.46 bits per heavy atom. The van der Waals surface area contributed by atoms with Crippen molar-refractivity contribution < 1.29 is 27.7 Å². The van der Waals surface area contributed by atoms with E-state index in [2.05, 4.69) is 5.32 Å². The van der Waals surface area contributed by atoms with E-state index in [0.29, 0.717) is 5.56 Å². The highest BCUT2D eigenvalue weighted by Gasteiger charge is 2.39. The summed E-state index contributed by atoms with van der Waals surface area (Å²) < 4.78 is 28.1. The highest BCUT2D eigenvalue weighted by Crippen LogP contribution is 2.32. The van der Waals surface area contributed by atoms with Crippen molar-refractivity contribution >= 4 is 27.4 Å². The molecule has 1 amide bonds. The summed E-state index contributed by atoms with van der Waals surface area (Å²) in [6.45, 7) is 6.47. The minimum Gasteiger partial charge on any atom is -0.452 e. The van der Waals surface area contributed by atoms with Gasteiger partial charge in [-0.25, -0.2) is 13.2 Å². The van der Waals surface area contributed by atoms with Gasteiger partial charge in [-0.15, -0.1) is 0 Å². The number of nitrogens with zero attached hydrogens (tertiary/aromatic N) is 1. The maximum Gasteiger partial charge on any atom is 0.338 e. The zero-order valence-electron chi connectivity index (χ0n) is 16.3. The molecule has 1 saturated heterocycles. The van der Waals surface area contributed by atoms with Crippen LogP contribution in [0.2, 0.25) is 0 Å². The van der Waals surface area contributed by atoms with Crippen LogP contribution in [-0.4, -0.2) is 48.9 Å². The van der Waals surface area contributed by atoms with Crippen molar-refractivity contribution in [3.05, 3.63) is 39.4 Å². The lowest BCUT2D eigenvalue weighted by Gasteiger charge is -2.23. The number of sulfone groups is 1. The van der Waals surface area contributed by atoms with E-state index >= 15 is 0 Å². The lowest BCUT2D eigenvalue weighted by atomic mass is 9.85. The number of nitrogens with one attached hydrogen (secondary N) is 1. The van der Waals surface area contributed by atoms with Crippen molar-refractivity contribution in [1.82, 2.24) is 5.32 Å². The van der Waals surface area contributed by atoms with E-state index < -0.39 is 44.2 Å². The molecule has 10 heteroatoms. The fourth-order valence-corrected chi connectivity index (χ4v) is 5.23. The van der Waals surface area contributed by atoms with Crippen LogP contribution in [0.15, 0.2) is 18.2 Å². The second-order valence-corrected chi connectivity index (χ2v) is 10.5. The molecular weight excluding hydrogens is 388 g/mol. The maximum absolute atomic E-state index is 12.2. The van der Waals surface area contributed by atoms with Gasteiger partial charge in [0.25, 0.3) is 11.6 Å². The van der Waals surface area contributed by atoms with Crippen molar-refractivity contribution in [3.63, 3.8) is 0 Å². The first-order valence-electron chi connectivity index (χ1n) is 8.70. The molecule has 1 aromatic carbocycles. The van der Waals surface area contributed by atoms with Gasteiger partial charge < -0.3 is 10.1 Å². The van der Waals surface area contributed by atoms with Crippen molar-refractivity contribution in [1.29, 1.82) is 0 Å². The van der Waals surface area contributed by atoms with Crippen LogP contribution >= 0.6 is 0 Å². The van der Waals surface area contributed by atoms with E-state index in [1.807, 2.05) is 20.8 Å². The van der Waals surface area contributed by atoms with E-state index in [9.17, 15) is 28.1 Å². The molecule has 1 unspecified atom stereocenters. The number of carbonyl (C=O) groups excluding carboxylic acids is 2. The molecule has 1 aliphatic heterocycles. The Morgan fingerprint density at radius 1 is 1.32 bits per heavy atom. The maximum atomic E-state index is 12.2. The largest absolute Gasteiger partial charge is 0.452 e. The predicted octanol–water partition coefficient (Wildman–Crippen LogP) is 1.74. The SMILES string of the molecule is CC1(NC(=O)COC(=O)c2ccc(C(C)(C)C)c([N+](=O)[O-])c2)CCS(=O)(=O)C1. The summed E-state index contributed by atoms with van der Waals surface area (Å²) in [6, 6.07) is 4.05. The van der Waals surface area contributed by atoms with Gasteiger partial charge in [0.15, 0.2) is 16.4 Å². The first-order valence-corrected chi connectivity index (χ1v) is 10.5. The fraction of sp³-hybridized carbons (Fsp3) is 0.556. The highest BCUT2D eigenvalue weighted by atomic mass is 32.2. The molecule has 9 nitrogen and oxygen atoms in total. The second-order valence-electron chi connectivity index (χ2n) is 8.27. The third-order valence-corrected chi connectivity index (χ3v) is 6.42. The monoisotopic (exact) mass is 412 g/mol. The third-order valence-electron chi connectivity index (χ3n) is 4.52. The molecular formula is C18H24N2O7S. The van der Waals surface area contributed by atoms with E-state index in [4.69, 9.17) is 4.74 Å². The third kappa shape index (κ3) is 5.28. The summed E-state index contributed by atoms with van der Waals surface area (Å²) in [6.07, 6.45) is 0.287. The van der Waals surface area contributed by atoms with Gasteiger partial charge in [-0.1, -0.05) is 26.8 Å². The van der Waals surface area contributed by atoms with Crippen LogP contribution in [0.25, 0.3) is 0 Å². The standard InChI is InChI=1S/C18H24N2O7S/c1-17(2,3)13-6-5-12(9-14(13)20(23)24)16(22)27-10-15(21)19-18(4)7-8-28(25,26)11-18/h5-6,9H,7-8,10-11H2,1-4H3,(H,19,21). The number of carbonyl (C=O) groups is 2. The number of benzene rings is 1. The zero-order valence-corrected chi connectivity index (χ0v) is 17.1. The van der Waals surface area contributed by atoms with E-state index in [1.54, 1.807) is 6.92 Å². The average Bonchev–Trinajstić information content (AvgIpc) is 2.84. The molecule has 28 heavy (non-hydrogen) atoms.